The number of nitrogens with two attached hydrogens (primary N) is 1. The third-order valence-corrected chi connectivity index (χ3v) is 3.75. The number of hydrogen-bond acceptors (Lipinski definition) is 2. The molecule has 0 radical (unpaired) electrons. The van der Waals surface area contributed by atoms with E-state index in [1.165, 1.54) is 0 Å². The van der Waals surface area contributed by atoms with Gasteiger partial charge in [-0.2, -0.15) is 0 Å². The molecule has 1 heterocycles. The third-order valence-electron chi connectivity index (χ3n) is 3.01. The Morgan fingerprint density at radius 1 is 1.05 bits per heavy atom. The number of hydrogen-bond donors (Lipinski definition) is 1. The first kappa shape index (κ1) is 12.3. The highest BCUT2D eigenvalue weighted by Gasteiger charge is 2.10. The van der Waals surface area contributed by atoms with E-state index in [0.717, 1.165) is 22.5 Å². The Labute approximate surface area is 120 Å². The molecule has 0 aliphatic carbocycles. The minimum atomic E-state index is 0.524. The largest absolute Gasteiger partial charge is 0.399 e. The van der Waals surface area contributed by atoms with E-state index in [1.54, 1.807) is 6.07 Å². The quantitative estimate of drug-likeness (QED) is 0.682. The van der Waals surface area contributed by atoms with Crippen molar-refractivity contribution in [2.75, 3.05) is 5.73 Å². The number of nitrogens with zero attached hydrogens (tertiary/aromatic N) is 2. The highest BCUT2D eigenvalue weighted by atomic mass is 35.5. The summed E-state index contributed by atoms with van der Waals surface area (Å²) in [5.41, 5.74) is 9.26. The molecule has 3 rings (SSSR count). The van der Waals surface area contributed by atoms with E-state index < -0.39 is 0 Å². The summed E-state index contributed by atoms with van der Waals surface area (Å²) in [6, 6.07) is 11.2. The lowest BCUT2D eigenvalue weighted by Gasteiger charge is -2.08. The minimum absolute atomic E-state index is 0.524. The second-order valence-corrected chi connectivity index (χ2v) is 5.16. The van der Waals surface area contributed by atoms with Crippen LogP contribution in [0.4, 0.5) is 5.69 Å². The number of aryl methyl sites for hydroxylation is 1. The van der Waals surface area contributed by atoms with Crippen molar-refractivity contribution >= 4 is 39.9 Å². The van der Waals surface area contributed by atoms with Crippen molar-refractivity contribution in [3.8, 4) is 5.69 Å². The second-order valence-electron chi connectivity index (χ2n) is 4.34. The molecule has 0 bridgehead atoms. The molecule has 0 aliphatic rings. The van der Waals surface area contributed by atoms with E-state index in [4.69, 9.17) is 28.9 Å². The first-order valence-corrected chi connectivity index (χ1v) is 6.52. The maximum absolute atomic E-state index is 6.07. The number of anilines is 1. The Hall–Kier alpha value is -1.71. The Bertz CT molecular complexity index is 778. The molecule has 0 aliphatic heterocycles. The van der Waals surface area contributed by atoms with Crippen LogP contribution in [-0.2, 0) is 0 Å². The summed E-state index contributed by atoms with van der Waals surface area (Å²) in [5, 5.41) is 1.06. The molecular weight excluding hydrogens is 281 g/mol. The monoisotopic (exact) mass is 291 g/mol. The minimum Gasteiger partial charge on any atom is -0.399 e. The van der Waals surface area contributed by atoms with Gasteiger partial charge < -0.3 is 5.73 Å². The molecule has 0 atom stereocenters. The summed E-state index contributed by atoms with van der Waals surface area (Å²) in [7, 11) is 0. The fourth-order valence-electron chi connectivity index (χ4n) is 2.17. The van der Waals surface area contributed by atoms with Crippen LogP contribution in [0, 0.1) is 6.92 Å². The molecule has 3 aromatic rings. The van der Waals surface area contributed by atoms with Crippen molar-refractivity contribution in [2.24, 2.45) is 0 Å². The zero-order valence-electron chi connectivity index (χ0n) is 10.2. The number of imidazole rings is 1. The van der Waals surface area contributed by atoms with E-state index in [0.29, 0.717) is 15.7 Å². The van der Waals surface area contributed by atoms with Crippen molar-refractivity contribution in [3.63, 3.8) is 0 Å². The first-order chi connectivity index (χ1) is 9.06. The van der Waals surface area contributed by atoms with Crippen LogP contribution in [0.15, 0.2) is 36.4 Å². The van der Waals surface area contributed by atoms with Crippen molar-refractivity contribution in [3.05, 3.63) is 52.3 Å². The van der Waals surface area contributed by atoms with Gasteiger partial charge in [-0.25, -0.2) is 4.98 Å². The van der Waals surface area contributed by atoms with Gasteiger partial charge in [0, 0.05) is 11.4 Å². The number of benzene rings is 2. The predicted octanol–water partition coefficient (Wildman–Crippen LogP) is 4.22. The van der Waals surface area contributed by atoms with E-state index in [9.17, 15) is 0 Å². The zero-order chi connectivity index (χ0) is 13.6. The maximum atomic E-state index is 6.07. The summed E-state index contributed by atoms with van der Waals surface area (Å²) in [6.07, 6.45) is 0. The Kier molecular flexibility index (Phi) is 2.88. The fourth-order valence-corrected chi connectivity index (χ4v) is 2.46. The van der Waals surface area contributed by atoms with Gasteiger partial charge in [0.25, 0.3) is 0 Å². The molecule has 0 saturated heterocycles. The van der Waals surface area contributed by atoms with E-state index in [-0.39, 0.29) is 0 Å². The Balaban J connectivity index is 2.29. The van der Waals surface area contributed by atoms with Crippen LogP contribution in [0.5, 0.6) is 0 Å². The molecule has 2 aromatic carbocycles. The van der Waals surface area contributed by atoms with Gasteiger partial charge in [-0.15, -0.1) is 0 Å². The molecule has 1 aromatic heterocycles. The highest BCUT2D eigenvalue weighted by molar-refractivity contribution is 6.42. The average molecular weight is 292 g/mol. The van der Waals surface area contributed by atoms with Gasteiger partial charge >= 0.3 is 0 Å². The lowest BCUT2D eigenvalue weighted by molar-refractivity contribution is 1.00. The standard InChI is InChI=1S/C14H11Cl2N3/c1-8-18-13-6-9(17)2-5-14(13)19(8)10-3-4-11(15)12(16)7-10/h2-7H,17H2,1H3. The molecule has 0 amide bonds. The number of aromatic nitrogens is 2. The smallest absolute Gasteiger partial charge is 0.111 e. The lowest BCUT2D eigenvalue weighted by atomic mass is 10.2. The number of fused-ring (bicyclic) bond motifs is 1. The average Bonchev–Trinajstić information content (AvgIpc) is 2.68. The van der Waals surface area contributed by atoms with Crippen LogP contribution in [-0.4, -0.2) is 9.55 Å². The molecule has 0 spiro atoms. The van der Waals surface area contributed by atoms with Crippen LogP contribution in [0.25, 0.3) is 16.7 Å². The lowest BCUT2D eigenvalue weighted by Crippen LogP contribution is -1.96. The van der Waals surface area contributed by atoms with Crippen LogP contribution in [0.3, 0.4) is 0 Å². The molecule has 0 saturated carbocycles. The van der Waals surface area contributed by atoms with Crippen molar-refractivity contribution in [2.45, 2.75) is 6.92 Å². The molecular formula is C14H11Cl2N3. The van der Waals surface area contributed by atoms with Crippen molar-refractivity contribution in [1.82, 2.24) is 9.55 Å². The summed E-state index contributed by atoms with van der Waals surface area (Å²) in [6.45, 7) is 1.94. The highest BCUT2D eigenvalue weighted by Crippen LogP contribution is 2.28. The Morgan fingerprint density at radius 2 is 1.84 bits per heavy atom. The van der Waals surface area contributed by atoms with Gasteiger partial charge in [0.15, 0.2) is 0 Å². The second kappa shape index (κ2) is 4.44. The summed E-state index contributed by atoms with van der Waals surface area (Å²) in [5.74, 6) is 0.874. The van der Waals surface area contributed by atoms with Crippen LogP contribution < -0.4 is 5.73 Å². The molecule has 2 N–H and O–H groups in total. The van der Waals surface area contributed by atoms with Gasteiger partial charge in [0.1, 0.15) is 5.82 Å². The first-order valence-electron chi connectivity index (χ1n) is 5.76. The van der Waals surface area contributed by atoms with Crippen LogP contribution >= 0.6 is 23.2 Å². The number of nitrogen functional groups attached to an aromatic ring is 1. The van der Waals surface area contributed by atoms with E-state index >= 15 is 0 Å². The van der Waals surface area contributed by atoms with Crippen LogP contribution in [0.1, 0.15) is 5.82 Å². The molecule has 0 unspecified atom stereocenters. The Morgan fingerprint density at radius 3 is 2.58 bits per heavy atom. The molecule has 96 valence electrons. The molecule has 3 nitrogen and oxygen atoms in total. The third kappa shape index (κ3) is 2.05. The van der Waals surface area contributed by atoms with Gasteiger partial charge in [-0.3, -0.25) is 4.57 Å². The number of halogens is 2. The van der Waals surface area contributed by atoms with Gasteiger partial charge in [0.2, 0.25) is 0 Å². The summed E-state index contributed by atoms with van der Waals surface area (Å²) < 4.78 is 2.02. The van der Waals surface area contributed by atoms with Gasteiger partial charge in [-0.05, 0) is 43.3 Å². The zero-order valence-corrected chi connectivity index (χ0v) is 11.7. The van der Waals surface area contributed by atoms with Crippen molar-refractivity contribution in [1.29, 1.82) is 0 Å². The maximum Gasteiger partial charge on any atom is 0.111 e. The predicted molar refractivity (Wildman–Crippen MR) is 80.2 cm³/mol. The SMILES string of the molecule is Cc1nc2cc(N)ccc2n1-c1ccc(Cl)c(Cl)c1. The fraction of sp³-hybridized carbons (Fsp3) is 0.0714. The van der Waals surface area contributed by atoms with Crippen molar-refractivity contribution < 1.29 is 0 Å². The normalized spacial score (nSPS) is 11.1. The van der Waals surface area contributed by atoms with Gasteiger partial charge in [0.05, 0.1) is 21.1 Å². The topological polar surface area (TPSA) is 43.8 Å². The summed E-state index contributed by atoms with van der Waals surface area (Å²) in [4.78, 5) is 4.51. The molecule has 5 heteroatoms. The van der Waals surface area contributed by atoms with Crippen LogP contribution in [0.2, 0.25) is 10.0 Å². The van der Waals surface area contributed by atoms with Gasteiger partial charge in [-0.1, -0.05) is 23.2 Å². The molecule has 0 fully saturated rings. The summed E-state index contributed by atoms with van der Waals surface area (Å²) >= 11 is 12.0. The molecule has 19 heavy (non-hydrogen) atoms. The van der Waals surface area contributed by atoms with E-state index in [1.807, 2.05) is 41.8 Å². The van der Waals surface area contributed by atoms with E-state index in [2.05, 4.69) is 4.98 Å². The number of rotatable bonds is 1.